The Hall–Kier alpha value is -2.34. The van der Waals surface area contributed by atoms with E-state index >= 15 is 0 Å². The fourth-order valence-electron chi connectivity index (χ4n) is 3.58. The molecule has 1 aliphatic carbocycles. The summed E-state index contributed by atoms with van der Waals surface area (Å²) in [6.07, 6.45) is 3.10. The third-order valence-electron chi connectivity index (χ3n) is 5.09. The number of methoxy groups -OCH3 is 1. The number of fused-ring (bicyclic) bond motifs is 1. The summed E-state index contributed by atoms with van der Waals surface area (Å²) < 4.78 is 11.2. The standard InChI is InChI=1S/C20H25N3O3/c1-3-26-18-14(5-4-6-17(18)25-2)11-23-10-9-16-15(12-23)20(24)22-19(21-16)13-7-8-13/h4-6,13H,3,7-12H2,1-2H3,(H,21,22,24). The summed E-state index contributed by atoms with van der Waals surface area (Å²) in [5, 5.41) is 0. The minimum Gasteiger partial charge on any atom is -0.493 e. The quantitative estimate of drug-likeness (QED) is 0.863. The fourth-order valence-corrected chi connectivity index (χ4v) is 3.58. The maximum absolute atomic E-state index is 12.5. The van der Waals surface area contributed by atoms with Gasteiger partial charge in [-0.05, 0) is 25.8 Å². The molecule has 2 aliphatic rings. The zero-order valence-electron chi connectivity index (χ0n) is 15.4. The van der Waals surface area contributed by atoms with Crippen molar-refractivity contribution in [1.82, 2.24) is 14.9 Å². The van der Waals surface area contributed by atoms with E-state index in [0.717, 1.165) is 66.5 Å². The van der Waals surface area contributed by atoms with Crippen LogP contribution >= 0.6 is 0 Å². The molecule has 0 spiro atoms. The van der Waals surface area contributed by atoms with Gasteiger partial charge in [-0.25, -0.2) is 4.98 Å². The summed E-state index contributed by atoms with van der Waals surface area (Å²) in [6, 6.07) is 5.95. The van der Waals surface area contributed by atoms with Gasteiger partial charge in [0, 0.05) is 37.5 Å². The molecule has 138 valence electrons. The molecule has 1 aromatic heterocycles. The van der Waals surface area contributed by atoms with Crippen LogP contribution in [-0.4, -0.2) is 35.1 Å². The van der Waals surface area contributed by atoms with Gasteiger partial charge >= 0.3 is 0 Å². The van der Waals surface area contributed by atoms with Crippen molar-refractivity contribution in [3.8, 4) is 11.5 Å². The molecule has 0 atom stereocenters. The number of nitrogens with one attached hydrogen (secondary N) is 1. The molecular formula is C20H25N3O3. The van der Waals surface area contributed by atoms with Crippen LogP contribution in [0.4, 0.5) is 0 Å². The van der Waals surface area contributed by atoms with Gasteiger partial charge in [-0.15, -0.1) is 0 Å². The van der Waals surface area contributed by atoms with Gasteiger partial charge in [-0.2, -0.15) is 0 Å². The van der Waals surface area contributed by atoms with E-state index in [-0.39, 0.29) is 5.56 Å². The van der Waals surface area contributed by atoms with Gasteiger partial charge in [0.05, 0.1) is 25.0 Å². The highest BCUT2D eigenvalue weighted by Crippen LogP contribution is 2.38. The summed E-state index contributed by atoms with van der Waals surface area (Å²) in [5.41, 5.74) is 2.88. The average Bonchev–Trinajstić information content (AvgIpc) is 3.49. The number of rotatable bonds is 6. The van der Waals surface area contributed by atoms with Gasteiger partial charge in [0.2, 0.25) is 0 Å². The molecule has 0 saturated heterocycles. The molecule has 2 heterocycles. The van der Waals surface area contributed by atoms with Crippen LogP contribution in [0, 0.1) is 0 Å². The summed E-state index contributed by atoms with van der Waals surface area (Å²) in [6.45, 7) is 4.78. The topological polar surface area (TPSA) is 67.5 Å². The van der Waals surface area contributed by atoms with E-state index in [1.165, 1.54) is 0 Å². The van der Waals surface area contributed by atoms with Crippen LogP contribution in [0.3, 0.4) is 0 Å². The molecule has 0 unspecified atom stereocenters. The van der Waals surface area contributed by atoms with Crippen LogP contribution in [0.15, 0.2) is 23.0 Å². The zero-order chi connectivity index (χ0) is 18.1. The summed E-state index contributed by atoms with van der Waals surface area (Å²) in [7, 11) is 1.65. The predicted octanol–water partition coefficient (Wildman–Crippen LogP) is 2.61. The van der Waals surface area contributed by atoms with Crippen LogP contribution in [-0.2, 0) is 19.5 Å². The Balaban J connectivity index is 1.56. The highest BCUT2D eigenvalue weighted by Gasteiger charge is 2.29. The van der Waals surface area contributed by atoms with E-state index in [1.54, 1.807) is 7.11 Å². The lowest BCUT2D eigenvalue weighted by Gasteiger charge is -2.28. The van der Waals surface area contributed by atoms with Crippen molar-refractivity contribution < 1.29 is 9.47 Å². The molecule has 26 heavy (non-hydrogen) atoms. The Bertz CT molecular complexity index is 858. The van der Waals surface area contributed by atoms with E-state index in [9.17, 15) is 4.79 Å². The maximum atomic E-state index is 12.5. The first-order valence-corrected chi connectivity index (χ1v) is 9.32. The first-order chi connectivity index (χ1) is 12.7. The second kappa shape index (κ2) is 7.11. The van der Waals surface area contributed by atoms with E-state index in [0.29, 0.717) is 19.1 Å². The van der Waals surface area contributed by atoms with Gasteiger partial charge in [-0.1, -0.05) is 12.1 Å². The SMILES string of the molecule is CCOc1c(CN2CCc3nc(C4CC4)[nH]c(=O)c3C2)cccc1OC. The van der Waals surface area contributed by atoms with Crippen molar-refractivity contribution in [2.45, 2.75) is 45.2 Å². The summed E-state index contributed by atoms with van der Waals surface area (Å²) in [4.78, 5) is 22.5. The fraction of sp³-hybridized carbons (Fsp3) is 0.500. The van der Waals surface area contributed by atoms with E-state index < -0.39 is 0 Å². The molecule has 1 aromatic carbocycles. The molecular weight excluding hydrogens is 330 g/mol. The Kier molecular flexibility index (Phi) is 4.68. The van der Waals surface area contributed by atoms with Gasteiger partial charge in [-0.3, -0.25) is 9.69 Å². The monoisotopic (exact) mass is 355 g/mol. The number of aromatic nitrogens is 2. The predicted molar refractivity (Wildman–Crippen MR) is 98.8 cm³/mol. The largest absolute Gasteiger partial charge is 0.493 e. The summed E-state index contributed by atoms with van der Waals surface area (Å²) >= 11 is 0. The smallest absolute Gasteiger partial charge is 0.255 e. The van der Waals surface area contributed by atoms with Crippen LogP contribution < -0.4 is 15.0 Å². The number of nitrogens with zero attached hydrogens (tertiary/aromatic N) is 2. The second-order valence-corrected chi connectivity index (χ2v) is 6.99. The van der Waals surface area contributed by atoms with Crippen LogP contribution in [0.2, 0.25) is 0 Å². The van der Waals surface area contributed by atoms with Gasteiger partial charge in [0.15, 0.2) is 11.5 Å². The molecule has 1 aliphatic heterocycles. The molecule has 0 bridgehead atoms. The first-order valence-electron chi connectivity index (χ1n) is 9.32. The molecule has 1 fully saturated rings. The number of hydrogen-bond acceptors (Lipinski definition) is 5. The first kappa shape index (κ1) is 17.1. The van der Waals surface area contributed by atoms with E-state index in [2.05, 4.69) is 16.0 Å². The Labute approximate surface area is 153 Å². The van der Waals surface area contributed by atoms with Gasteiger partial charge in [0.25, 0.3) is 5.56 Å². The third kappa shape index (κ3) is 3.33. The van der Waals surface area contributed by atoms with Crippen molar-refractivity contribution in [2.75, 3.05) is 20.3 Å². The van der Waals surface area contributed by atoms with Crippen molar-refractivity contribution >= 4 is 0 Å². The number of benzene rings is 1. The Morgan fingerprint density at radius 3 is 2.92 bits per heavy atom. The van der Waals surface area contributed by atoms with Crippen LogP contribution in [0.1, 0.15) is 48.3 Å². The lowest BCUT2D eigenvalue weighted by atomic mass is 10.1. The Morgan fingerprint density at radius 2 is 2.19 bits per heavy atom. The highest BCUT2D eigenvalue weighted by molar-refractivity contribution is 5.46. The molecule has 6 heteroatoms. The van der Waals surface area contributed by atoms with E-state index in [4.69, 9.17) is 14.5 Å². The van der Waals surface area contributed by atoms with Crippen LogP contribution in [0.25, 0.3) is 0 Å². The maximum Gasteiger partial charge on any atom is 0.255 e. The lowest BCUT2D eigenvalue weighted by molar-refractivity contribution is 0.233. The third-order valence-corrected chi connectivity index (χ3v) is 5.09. The van der Waals surface area contributed by atoms with E-state index in [1.807, 2.05) is 19.1 Å². The van der Waals surface area contributed by atoms with Crippen LogP contribution in [0.5, 0.6) is 11.5 Å². The van der Waals surface area contributed by atoms with Crippen molar-refractivity contribution in [3.05, 3.63) is 51.2 Å². The van der Waals surface area contributed by atoms with Crippen molar-refractivity contribution in [2.24, 2.45) is 0 Å². The average molecular weight is 355 g/mol. The second-order valence-electron chi connectivity index (χ2n) is 6.99. The van der Waals surface area contributed by atoms with Gasteiger partial charge in [0.1, 0.15) is 5.82 Å². The molecule has 0 radical (unpaired) electrons. The minimum atomic E-state index is 0.0253. The molecule has 6 nitrogen and oxygen atoms in total. The minimum absolute atomic E-state index is 0.0253. The number of hydrogen-bond donors (Lipinski definition) is 1. The highest BCUT2D eigenvalue weighted by atomic mass is 16.5. The Morgan fingerprint density at radius 1 is 1.35 bits per heavy atom. The summed E-state index contributed by atoms with van der Waals surface area (Å²) in [5.74, 6) is 2.89. The number of aromatic amines is 1. The van der Waals surface area contributed by atoms with Gasteiger partial charge < -0.3 is 14.5 Å². The number of H-pyrrole nitrogens is 1. The zero-order valence-corrected chi connectivity index (χ0v) is 15.4. The number of para-hydroxylation sites is 1. The number of ether oxygens (including phenoxy) is 2. The molecule has 2 aromatic rings. The lowest BCUT2D eigenvalue weighted by Crippen LogP contribution is -2.35. The normalized spacial score (nSPS) is 17.0. The van der Waals surface area contributed by atoms with Crippen molar-refractivity contribution in [1.29, 1.82) is 0 Å². The molecule has 0 amide bonds. The van der Waals surface area contributed by atoms with Crippen molar-refractivity contribution in [3.63, 3.8) is 0 Å². The molecule has 4 rings (SSSR count). The molecule has 1 saturated carbocycles. The molecule has 1 N–H and O–H groups in total.